The Morgan fingerprint density at radius 2 is 1.80 bits per heavy atom. The molecule has 1 unspecified atom stereocenters. The number of hydrogen-bond donors (Lipinski definition) is 2. The van der Waals surface area contributed by atoms with Gasteiger partial charge in [0.1, 0.15) is 11.4 Å². The number of amides is 4. The molecule has 5 heterocycles. The van der Waals surface area contributed by atoms with E-state index in [0.29, 0.717) is 31.1 Å². The minimum Gasteiger partial charge on any atom is -0.444 e. The van der Waals surface area contributed by atoms with Gasteiger partial charge in [0.2, 0.25) is 0 Å². The van der Waals surface area contributed by atoms with E-state index in [1.54, 1.807) is 22.2 Å². The van der Waals surface area contributed by atoms with E-state index in [4.69, 9.17) is 15.5 Å². The van der Waals surface area contributed by atoms with E-state index in [1.165, 1.54) is 0 Å². The Morgan fingerprint density at radius 1 is 1.05 bits per heavy atom. The minimum absolute atomic E-state index is 0.0390. The standard InChI is InChI=1S/C27H40N10O4/c1-27(2,3)41-26(40)34-10-7-19(8-11-34)37-16-18(14-30-37)31-24-22(23(28)38)29-15-21(32-24)35-9-5-6-20(17-35)36-13-12-33(4)25(36)39/h14-16,19-20H,5-13,17H2,1-4H3,(H2,28,38)(H,31,32). The van der Waals surface area contributed by atoms with Crippen molar-refractivity contribution in [2.24, 2.45) is 5.73 Å². The largest absolute Gasteiger partial charge is 0.444 e. The molecule has 3 aliphatic rings. The first-order valence-electron chi connectivity index (χ1n) is 14.2. The Bertz CT molecular complexity index is 1280. The molecule has 2 aromatic heterocycles. The van der Waals surface area contributed by atoms with Crippen molar-refractivity contribution < 1.29 is 19.1 Å². The third-order valence-electron chi connectivity index (χ3n) is 7.76. The third kappa shape index (κ3) is 6.46. The molecule has 0 aliphatic carbocycles. The molecule has 14 nitrogen and oxygen atoms in total. The van der Waals surface area contributed by atoms with Crippen LogP contribution in [0.1, 0.15) is 63.0 Å². The molecule has 4 amide bonds. The van der Waals surface area contributed by atoms with E-state index in [9.17, 15) is 14.4 Å². The quantitative estimate of drug-likeness (QED) is 0.534. The van der Waals surface area contributed by atoms with Gasteiger partial charge in [0, 0.05) is 52.5 Å². The van der Waals surface area contributed by atoms with Crippen LogP contribution in [0.15, 0.2) is 18.6 Å². The van der Waals surface area contributed by atoms with Crippen molar-refractivity contribution in [2.45, 2.75) is 64.1 Å². The Kier molecular flexibility index (Phi) is 7.91. The van der Waals surface area contributed by atoms with E-state index in [-0.39, 0.29) is 35.7 Å². The lowest BCUT2D eigenvalue weighted by molar-refractivity contribution is 0.0184. The van der Waals surface area contributed by atoms with Crippen LogP contribution in [0.3, 0.4) is 0 Å². The monoisotopic (exact) mass is 568 g/mol. The first-order chi connectivity index (χ1) is 19.5. The first-order valence-corrected chi connectivity index (χ1v) is 14.2. The first kappa shape index (κ1) is 28.4. The lowest BCUT2D eigenvalue weighted by atomic mass is 10.0. The Morgan fingerprint density at radius 3 is 2.46 bits per heavy atom. The van der Waals surface area contributed by atoms with Gasteiger partial charge in [0.05, 0.1) is 30.2 Å². The number of urea groups is 1. The van der Waals surface area contributed by atoms with Crippen LogP contribution in [0.4, 0.5) is 26.9 Å². The van der Waals surface area contributed by atoms with Crippen LogP contribution in [0.25, 0.3) is 0 Å². The van der Waals surface area contributed by atoms with Gasteiger partial charge >= 0.3 is 12.1 Å². The fourth-order valence-corrected chi connectivity index (χ4v) is 5.60. The van der Waals surface area contributed by atoms with E-state index in [2.05, 4.69) is 20.3 Å². The molecule has 3 N–H and O–H groups in total. The zero-order valence-electron chi connectivity index (χ0n) is 24.2. The number of nitrogens with two attached hydrogens (primary N) is 1. The third-order valence-corrected chi connectivity index (χ3v) is 7.76. The molecule has 3 aliphatic heterocycles. The molecule has 3 fully saturated rings. The fraction of sp³-hybridized carbons (Fsp3) is 0.630. The zero-order chi connectivity index (χ0) is 29.3. The number of rotatable bonds is 6. The second-order valence-electron chi connectivity index (χ2n) is 12.0. The van der Waals surface area contributed by atoms with E-state index in [1.807, 2.05) is 43.6 Å². The highest BCUT2D eigenvalue weighted by atomic mass is 16.6. The van der Waals surface area contributed by atoms with Gasteiger partial charge in [-0.1, -0.05) is 0 Å². The summed E-state index contributed by atoms with van der Waals surface area (Å²) in [7, 11) is 1.82. The maximum Gasteiger partial charge on any atom is 0.410 e. The average Bonchev–Trinajstić information content (AvgIpc) is 3.54. The highest BCUT2D eigenvalue weighted by Gasteiger charge is 2.35. The highest BCUT2D eigenvalue weighted by Crippen LogP contribution is 2.28. The number of nitrogens with one attached hydrogen (secondary N) is 1. The molecular formula is C27H40N10O4. The Balaban J connectivity index is 1.25. The van der Waals surface area contributed by atoms with Crippen molar-refractivity contribution in [1.29, 1.82) is 0 Å². The van der Waals surface area contributed by atoms with Crippen LogP contribution in [0, 0.1) is 0 Å². The number of aromatic nitrogens is 4. The van der Waals surface area contributed by atoms with Crippen molar-refractivity contribution >= 4 is 35.4 Å². The molecule has 0 spiro atoms. The number of anilines is 3. The SMILES string of the molecule is CN1CCN(C2CCCN(c3cnc(C(N)=O)c(Nc4cnn(C5CCN(C(=O)OC(C)(C)C)CC5)c4)n3)C2)C1=O. The number of piperidine rings is 2. The molecule has 0 saturated carbocycles. The summed E-state index contributed by atoms with van der Waals surface area (Å²) < 4.78 is 7.36. The summed E-state index contributed by atoms with van der Waals surface area (Å²) in [6.45, 7) is 9.61. The summed E-state index contributed by atoms with van der Waals surface area (Å²) in [5.41, 5.74) is 5.78. The van der Waals surface area contributed by atoms with Crippen LogP contribution in [-0.4, -0.2) is 110 Å². The van der Waals surface area contributed by atoms with Gasteiger partial charge in [-0.05, 0) is 46.5 Å². The average molecular weight is 569 g/mol. The molecule has 3 saturated heterocycles. The number of hydrogen-bond acceptors (Lipinski definition) is 9. The van der Waals surface area contributed by atoms with Crippen LogP contribution in [0.2, 0.25) is 0 Å². The van der Waals surface area contributed by atoms with Gasteiger partial charge in [0.25, 0.3) is 5.91 Å². The smallest absolute Gasteiger partial charge is 0.410 e. The molecule has 0 radical (unpaired) electrons. The van der Waals surface area contributed by atoms with Crippen LogP contribution in [0.5, 0.6) is 0 Å². The molecule has 1 atom stereocenters. The van der Waals surface area contributed by atoms with Gasteiger partial charge in [-0.15, -0.1) is 0 Å². The molecule has 14 heteroatoms. The maximum absolute atomic E-state index is 12.5. The van der Waals surface area contributed by atoms with Gasteiger partial charge in [-0.25, -0.2) is 19.6 Å². The van der Waals surface area contributed by atoms with Crippen molar-refractivity contribution in [3.8, 4) is 0 Å². The molecule has 222 valence electrons. The number of ether oxygens (including phenoxy) is 1. The lowest BCUT2D eigenvalue weighted by Crippen LogP contribution is -2.49. The summed E-state index contributed by atoms with van der Waals surface area (Å²) in [4.78, 5) is 53.7. The van der Waals surface area contributed by atoms with Gasteiger partial charge in [0.15, 0.2) is 11.5 Å². The van der Waals surface area contributed by atoms with Crippen molar-refractivity contribution in [2.75, 3.05) is 56.5 Å². The number of carbonyl (C=O) groups is 3. The zero-order valence-corrected chi connectivity index (χ0v) is 24.2. The summed E-state index contributed by atoms with van der Waals surface area (Å²) in [6, 6.07) is 0.270. The summed E-state index contributed by atoms with van der Waals surface area (Å²) in [5.74, 6) is 0.188. The fourth-order valence-electron chi connectivity index (χ4n) is 5.60. The highest BCUT2D eigenvalue weighted by molar-refractivity contribution is 5.96. The number of nitrogens with zero attached hydrogens (tertiary/aromatic N) is 8. The van der Waals surface area contributed by atoms with Crippen LogP contribution >= 0.6 is 0 Å². The van der Waals surface area contributed by atoms with Crippen molar-refractivity contribution in [1.82, 2.24) is 34.4 Å². The van der Waals surface area contributed by atoms with Crippen molar-refractivity contribution in [3.05, 3.63) is 24.3 Å². The molecule has 41 heavy (non-hydrogen) atoms. The van der Waals surface area contributed by atoms with Crippen LogP contribution < -0.4 is 16.0 Å². The minimum atomic E-state index is -0.685. The number of likely N-dealkylation sites (N-methyl/N-ethyl adjacent to an activating group) is 1. The molecule has 0 bridgehead atoms. The maximum atomic E-state index is 12.5. The molecular weight excluding hydrogens is 528 g/mol. The normalized spacial score (nSPS) is 20.5. The van der Waals surface area contributed by atoms with Gasteiger partial charge in [-0.2, -0.15) is 5.10 Å². The van der Waals surface area contributed by atoms with Crippen molar-refractivity contribution in [3.63, 3.8) is 0 Å². The van der Waals surface area contributed by atoms with E-state index >= 15 is 0 Å². The second-order valence-corrected chi connectivity index (χ2v) is 12.0. The summed E-state index contributed by atoms with van der Waals surface area (Å²) in [5, 5.41) is 7.71. The lowest BCUT2D eigenvalue weighted by Gasteiger charge is -2.37. The Labute approximate surface area is 239 Å². The van der Waals surface area contributed by atoms with E-state index < -0.39 is 11.5 Å². The van der Waals surface area contributed by atoms with Gasteiger partial charge in [-0.3, -0.25) is 9.48 Å². The number of likely N-dealkylation sites (tertiary alicyclic amines) is 1. The topological polar surface area (TPSA) is 155 Å². The Hall–Kier alpha value is -4.10. The predicted molar refractivity (Wildman–Crippen MR) is 152 cm³/mol. The molecule has 5 rings (SSSR count). The van der Waals surface area contributed by atoms with E-state index in [0.717, 1.165) is 45.3 Å². The summed E-state index contributed by atoms with van der Waals surface area (Å²) in [6.07, 6.45) is 8.14. The number of primary amides is 1. The van der Waals surface area contributed by atoms with Gasteiger partial charge < -0.3 is 35.4 Å². The molecule has 2 aromatic rings. The predicted octanol–water partition coefficient (Wildman–Crippen LogP) is 2.42. The summed E-state index contributed by atoms with van der Waals surface area (Å²) >= 11 is 0. The number of carbonyl (C=O) groups excluding carboxylic acids is 3. The molecule has 0 aromatic carbocycles. The second kappa shape index (κ2) is 11.4. The van der Waals surface area contributed by atoms with Crippen LogP contribution in [-0.2, 0) is 4.74 Å².